The maximum atomic E-state index is 5.55. The first-order valence-electron chi connectivity index (χ1n) is 3.84. The lowest BCUT2D eigenvalue weighted by Gasteiger charge is -2.10. The number of hydrogen-bond donors (Lipinski definition) is 0. The van der Waals surface area contributed by atoms with Crippen molar-refractivity contribution >= 4 is 23.2 Å². The summed E-state index contributed by atoms with van der Waals surface area (Å²) in [4.78, 5) is 0. The molecule has 0 aliphatic carbocycles. The number of methoxy groups -OCH3 is 1. The average molecular weight is 217 g/mol. The number of benzene rings is 1. The normalized spacial score (nSPS) is 12.2. The second-order valence-electron chi connectivity index (χ2n) is 2.52. The number of ether oxygens (including phenoxy) is 1. The van der Waals surface area contributed by atoms with Crippen molar-refractivity contribution in [3.8, 4) is 0 Å². The number of halogens is 2. The van der Waals surface area contributed by atoms with E-state index in [1.807, 2.05) is 30.3 Å². The summed E-state index contributed by atoms with van der Waals surface area (Å²) in [7, 11) is 1.62. The fourth-order valence-electron chi connectivity index (χ4n) is 1.06. The predicted molar refractivity (Wildman–Crippen MR) is 56.0 cm³/mol. The van der Waals surface area contributed by atoms with Gasteiger partial charge in [0.05, 0.1) is 0 Å². The maximum Gasteiger partial charge on any atom is 0.105 e. The molecule has 1 rings (SSSR count). The molecule has 0 radical (unpaired) electrons. The highest BCUT2D eigenvalue weighted by Crippen LogP contribution is 2.21. The lowest BCUT2D eigenvalue weighted by molar-refractivity contribution is 0.143. The van der Waals surface area contributed by atoms with Crippen LogP contribution >= 0.6 is 23.2 Å². The molecule has 1 aromatic rings. The Hall–Kier alpha value is -0.500. The van der Waals surface area contributed by atoms with E-state index >= 15 is 0 Å². The summed E-state index contributed by atoms with van der Waals surface area (Å²) in [5.41, 5.74) is 1.03. The summed E-state index contributed by atoms with van der Waals surface area (Å²) in [5.74, 6) is 0. The van der Waals surface area contributed by atoms with Gasteiger partial charge in [-0.3, -0.25) is 0 Å². The van der Waals surface area contributed by atoms with Crippen LogP contribution in [0.25, 0.3) is 0 Å². The van der Waals surface area contributed by atoms with Crippen LogP contribution in [0.2, 0.25) is 0 Å². The molecule has 0 heterocycles. The van der Waals surface area contributed by atoms with E-state index in [4.69, 9.17) is 27.9 Å². The SMILES string of the molecule is COC(C=C(Cl)Cl)c1ccccc1. The first-order valence-corrected chi connectivity index (χ1v) is 4.60. The fraction of sp³-hybridized carbons (Fsp3) is 0.200. The molecule has 1 atom stereocenters. The van der Waals surface area contributed by atoms with Crippen LogP contribution in [0.3, 0.4) is 0 Å². The second-order valence-corrected chi connectivity index (χ2v) is 3.53. The van der Waals surface area contributed by atoms with Crippen molar-refractivity contribution in [1.82, 2.24) is 0 Å². The third-order valence-electron chi connectivity index (χ3n) is 1.66. The minimum Gasteiger partial charge on any atom is -0.373 e. The molecular formula is C10H10Cl2O. The molecule has 70 valence electrons. The Kier molecular flexibility index (Phi) is 4.29. The molecule has 3 heteroatoms. The van der Waals surface area contributed by atoms with Crippen molar-refractivity contribution in [3.05, 3.63) is 46.5 Å². The molecule has 0 bridgehead atoms. The van der Waals surface area contributed by atoms with Crippen molar-refractivity contribution in [1.29, 1.82) is 0 Å². The molecule has 0 amide bonds. The van der Waals surface area contributed by atoms with Gasteiger partial charge in [0.25, 0.3) is 0 Å². The van der Waals surface area contributed by atoms with Gasteiger partial charge in [0.15, 0.2) is 0 Å². The molecule has 0 aliphatic rings. The molecule has 0 N–H and O–H groups in total. The summed E-state index contributed by atoms with van der Waals surface area (Å²) in [6, 6.07) is 9.75. The summed E-state index contributed by atoms with van der Waals surface area (Å²) in [5, 5.41) is 0. The molecule has 0 aliphatic heterocycles. The Balaban J connectivity index is 2.85. The van der Waals surface area contributed by atoms with Gasteiger partial charge in [-0.15, -0.1) is 0 Å². The largest absolute Gasteiger partial charge is 0.373 e. The molecule has 1 aromatic carbocycles. The van der Waals surface area contributed by atoms with Crippen LogP contribution in [-0.2, 0) is 4.74 Å². The number of hydrogen-bond acceptors (Lipinski definition) is 1. The minimum absolute atomic E-state index is 0.175. The van der Waals surface area contributed by atoms with E-state index in [9.17, 15) is 0 Å². The zero-order valence-electron chi connectivity index (χ0n) is 7.21. The highest BCUT2D eigenvalue weighted by atomic mass is 35.5. The smallest absolute Gasteiger partial charge is 0.105 e. The molecular weight excluding hydrogens is 207 g/mol. The maximum absolute atomic E-state index is 5.55. The van der Waals surface area contributed by atoms with Gasteiger partial charge < -0.3 is 4.74 Å². The van der Waals surface area contributed by atoms with Crippen molar-refractivity contribution in [2.24, 2.45) is 0 Å². The first-order chi connectivity index (χ1) is 6.24. The Morgan fingerprint density at radius 1 is 1.31 bits per heavy atom. The highest BCUT2D eigenvalue weighted by molar-refractivity contribution is 6.55. The van der Waals surface area contributed by atoms with Crippen molar-refractivity contribution in [2.75, 3.05) is 7.11 Å². The van der Waals surface area contributed by atoms with E-state index in [0.717, 1.165) is 5.56 Å². The summed E-state index contributed by atoms with van der Waals surface area (Å²) in [6.07, 6.45) is 1.48. The standard InChI is InChI=1S/C10H10Cl2O/c1-13-9(7-10(11)12)8-5-3-2-4-6-8/h2-7,9H,1H3. The van der Waals surface area contributed by atoms with E-state index in [-0.39, 0.29) is 10.6 Å². The molecule has 0 aromatic heterocycles. The Morgan fingerprint density at radius 3 is 2.38 bits per heavy atom. The molecule has 0 saturated heterocycles. The van der Waals surface area contributed by atoms with Crippen LogP contribution in [-0.4, -0.2) is 7.11 Å². The van der Waals surface area contributed by atoms with Crippen LogP contribution in [0, 0.1) is 0 Å². The van der Waals surface area contributed by atoms with Crippen molar-refractivity contribution < 1.29 is 4.74 Å². The van der Waals surface area contributed by atoms with E-state index in [2.05, 4.69) is 0 Å². The lowest BCUT2D eigenvalue weighted by Crippen LogP contribution is -1.97. The van der Waals surface area contributed by atoms with Crippen molar-refractivity contribution in [2.45, 2.75) is 6.10 Å². The highest BCUT2D eigenvalue weighted by Gasteiger charge is 2.06. The zero-order valence-corrected chi connectivity index (χ0v) is 8.72. The van der Waals surface area contributed by atoms with Gasteiger partial charge >= 0.3 is 0 Å². The van der Waals surface area contributed by atoms with Gasteiger partial charge in [-0.25, -0.2) is 0 Å². The minimum atomic E-state index is -0.175. The summed E-state index contributed by atoms with van der Waals surface area (Å²) in [6.45, 7) is 0. The zero-order chi connectivity index (χ0) is 9.68. The van der Waals surface area contributed by atoms with Gasteiger partial charge in [0, 0.05) is 7.11 Å². The van der Waals surface area contributed by atoms with Crippen molar-refractivity contribution in [3.63, 3.8) is 0 Å². The van der Waals surface area contributed by atoms with Gasteiger partial charge in [0.2, 0.25) is 0 Å². The number of rotatable bonds is 3. The van der Waals surface area contributed by atoms with Crippen LogP contribution in [0.1, 0.15) is 11.7 Å². The van der Waals surface area contributed by atoms with E-state index in [1.165, 1.54) is 0 Å². The van der Waals surface area contributed by atoms with Crippen LogP contribution in [0.5, 0.6) is 0 Å². The Labute approximate surface area is 87.9 Å². The van der Waals surface area contributed by atoms with E-state index in [1.54, 1.807) is 13.2 Å². The third-order valence-corrected chi connectivity index (χ3v) is 1.91. The first kappa shape index (κ1) is 10.6. The van der Waals surface area contributed by atoms with E-state index in [0.29, 0.717) is 0 Å². The molecule has 1 nitrogen and oxygen atoms in total. The molecule has 13 heavy (non-hydrogen) atoms. The monoisotopic (exact) mass is 216 g/mol. The molecule has 0 saturated carbocycles. The molecule has 0 spiro atoms. The quantitative estimate of drug-likeness (QED) is 0.750. The topological polar surface area (TPSA) is 9.23 Å². The lowest BCUT2D eigenvalue weighted by atomic mass is 10.1. The van der Waals surface area contributed by atoms with Gasteiger partial charge in [-0.1, -0.05) is 53.5 Å². The van der Waals surface area contributed by atoms with Gasteiger partial charge in [0.1, 0.15) is 10.6 Å². The van der Waals surface area contributed by atoms with E-state index < -0.39 is 0 Å². The third kappa shape index (κ3) is 3.39. The van der Waals surface area contributed by atoms with Gasteiger partial charge in [-0.05, 0) is 11.6 Å². The van der Waals surface area contributed by atoms with Gasteiger partial charge in [-0.2, -0.15) is 0 Å². The fourth-order valence-corrected chi connectivity index (χ4v) is 1.29. The predicted octanol–water partition coefficient (Wildman–Crippen LogP) is 3.69. The Morgan fingerprint density at radius 2 is 1.92 bits per heavy atom. The van der Waals surface area contributed by atoms with Crippen LogP contribution in [0.4, 0.5) is 0 Å². The average Bonchev–Trinajstić information content (AvgIpc) is 2.15. The summed E-state index contributed by atoms with van der Waals surface area (Å²) < 4.78 is 5.42. The van der Waals surface area contributed by atoms with Crippen LogP contribution < -0.4 is 0 Å². The molecule has 1 unspecified atom stereocenters. The second kappa shape index (κ2) is 5.28. The Bertz CT molecular complexity index is 278. The summed E-state index contributed by atoms with van der Waals surface area (Å²) >= 11 is 11.1. The molecule has 0 fully saturated rings. The van der Waals surface area contributed by atoms with Crippen LogP contribution in [0.15, 0.2) is 40.9 Å².